The fourth-order valence-corrected chi connectivity index (χ4v) is 2.55. The highest BCUT2D eigenvalue weighted by atomic mass is 16.5. The van der Waals surface area contributed by atoms with Crippen molar-refractivity contribution in [2.45, 2.75) is 13.0 Å². The van der Waals surface area contributed by atoms with Crippen LogP contribution in [0.2, 0.25) is 0 Å². The van der Waals surface area contributed by atoms with Gasteiger partial charge in [-0.1, -0.05) is 0 Å². The maximum Gasteiger partial charge on any atom is 0.244 e. The van der Waals surface area contributed by atoms with Gasteiger partial charge in [-0.05, 0) is 30.7 Å². The second kappa shape index (κ2) is 9.30. The van der Waals surface area contributed by atoms with Gasteiger partial charge in [0.1, 0.15) is 11.5 Å². The lowest BCUT2D eigenvalue weighted by Gasteiger charge is -2.32. The van der Waals surface area contributed by atoms with Crippen molar-refractivity contribution in [2.75, 3.05) is 47.1 Å². The third-order valence-corrected chi connectivity index (χ3v) is 4.04. The number of nitrogens with one attached hydrogen (secondary N) is 1. The maximum absolute atomic E-state index is 12.0. The first-order chi connectivity index (χ1) is 11.6. The van der Waals surface area contributed by atoms with Crippen molar-refractivity contribution in [3.05, 3.63) is 29.8 Å². The van der Waals surface area contributed by atoms with Crippen LogP contribution in [0.15, 0.2) is 24.3 Å². The van der Waals surface area contributed by atoms with Gasteiger partial charge in [0.2, 0.25) is 5.91 Å². The van der Waals surface area contributed by atoms with Crippen LogP contribution in [-0.2, 0) is 9.53 Å². The summed E-state index contributed by atoms with van der Waals surface area (Å²) in [5.41, 5.74) is 0.850. The summed E-state index contributed by atoms with van der Waals surface area (Å²) in [5.74, 6) is 1.27. The molecule has 1 unspecified atom stereocenters. The van der Waals surface area contributed by atoms with Crippen molar-refractivity contribution in [3.63, 3.8) is 0 Å². The summed E-state index contributed by atoms with van der Waals surface area (Å²) >= 11 is 0. The molecule has 2 rings (SSSR count). The molecule has 1 aromatic carbocycles. The summed E-state index contributed by atoms with van der Waals surface area (Å²) in [7, 11) is 3.20. The van der Waals surface area contributed by atoms with E-state index in [1.807, 2.05) is 12.1 Å². The standard InChI is InChI=1S/C18H26N2O4/c1-14(20-6-8-24-9-7-20)13-19-18(21)5-4-15-10-16(22-2)12-17(11-15)23-3/h4-5,10-12,14H,6-9,13H2,1-3H3,(H,19,21)/b5-4+. The Morgan fingerprint density at radius 3 is 2.46 bits per heavy atom. The van der Waals surface area contributed by atoms with Crippen LogP contribution in [0.3, 0.4) is 0 Å². The normalized spacial score (nSPS) is 16.8. The van der Waals surface area contributed by atoms with Crippen molar-refractivity contribution in [1.29, 1.82) is 0 Å². The maximum atomic E-state index is 12.0. The van der Waals surface area contributed by atoms with E-state index >= 15 is 0 Å². The highest BCUT2D eigenvalue weighted by Crippen LogP contribution is 2.23. The average molecular weight is 334 g/mol. The molecule has 0 spiro atoms. The Kier molecular flexibility index (Phi) is 7.08. The van der Waals surface area contributed by atoms with Crippen LogP contribution in [0.1, 0.15) is 12.5 Å². The van der Waals surface area contributed by atoms with E-state index in [1.165, 1.54) is 6.08 Å². The van der Waals surface area contributed by atoms with E-state index in [-0.39, 0.29) is 5.91 Å². The van der Waals surface area contributed by atoms with E-state index in [9.17, 15) is 4.79 Å². The molecule has 6 heteroatoms. The van der Waals surface area contributed by atoms with Crippen LogP contribution in [0, 0.1) is 0 Å². The Balaban J connectivity index is 1.86. The predicted molar refractivity (Wildman–Crippen MR) is 93.4 cm³/mol. The molecule has 0 saturated carbocycles. The molecule has 1 saturated heterocycles. The lowest BCUT2D eigenvalue weighted by atomic mass is 10.2. The average Bonchev–Trinajstić information content (AvgIpc) is 2.64. The first-order valence-electron chi connectivity index (χ1n) is 8.13. The largest absolute Gasteiger partial charge is 0.497 e. The van der Waals surface area contributed by atoms with Gasteiger partial charge in [0.05, 0.1) is 27.4 Å². The third kappa shape index (κ3) is 5.54. The van der Waals surface area contributed by atoms with Crippen molar-refractivity contribution < 1.29 is 19.0 Å². The summed E-state index contributed by atoms with van der Waals surface area (Å²) < 4.78 is 15.8. The highest BCUT2D eigenvalue weighted by Gasteiger charge is 2.16. The monoisotopic (exact) mass is 334 g/mol. The molecule has 1 aliphatic rings. The molecule has 6 nitrogen and oxygen atoms in total. The summed E-state index contributed by atoms with van der Waals surface area (Å²) in [4.78, 5) is 14.3. The van der Waals surface area contributed by atoms with Crippen LogP contribution in [0.4, 0.5) is 0 Å². The molecule has 1 atom stereocenters. The van der Waals surface area contributed by atoms with Gasteiger partial charge in [-0.2, -0.15) is 0 Å². The van der Waals surface area contributed by atoms with Gasteiger partial charge in [-0.15, -0.1) is 0 Å². The van der Waals surface area contributed by atoms with Gasteiger partial charge in [-0.25, -0.2) is 0 Å². The molecule has 1 N–H and O–H groups in total. The Morgan fingerprint density at radius 2 is 1.88 bits per heavy atom. The van der Waals surface area contributed by atoms with Gasteiger partial charge in [-0.3, -0.25) is 9.69 Å². The predicted octanol–water partition coefficient (Wildman–Crippen LogP) is 1.55. The van der Waals surface area contributed by atoms with Crippen molar-refractivity contribution in [2.24, 2.45) is 0 Å². The van der Waals surface area contributed by atoms with Gasteiger partial charge < -0.3 is 19.5 Å². The number of carbonyl (C=O) groups is 1. The van der Waals surface area contributed by atoms with E-state index in [0.717, 1.165) is 31.9 Å². The van der Waals surface area contributed by atoms with Gasteiger partial charge in [0, 0.05) is 37.8 Å². The minimum absolute atomic E-state index is 0.114. The number of hydrogen-bond acceptors (Lipinski definition) is 5. The number of ether oxygens (including phenoxy) is 3. The Hall–Kier alpha value is -2.05. The number of methoxy groups -OCH3 is 2. The zero-order valence-corrected chi connectivity index (χ0v) is 14.6. The van der Waals surface area contributed by atoms with Gasteiger partial charge in [0.25, 0.3) is 0 Å². The van der Waals surface area contributed by atoms with Crippen molar-refractivity contribution in [3.8, 4) is 11.5 Å². The lowest BCUT2D eigenvalue weighted by molar-refractivity contribution is -0.116. The first kappa shape index (κ1) is 18.3. The van der Waals surface area contributed by atoms with Gasteiger partial charge in [0.15, 0.2) is 0 Å². The summed E-state index contributed by atoms with van der Waals surface area (Å²) in [6.07, 6.45) is 3.28. The van der Waals surface area contributed by atoms with E-state index in [1.54, 1.807) is 26.4 Å². The molecule has 132 valence electrons. The zero-order valence-electron chi connectivity index (χ0n) is 14.6. The number of amides is 1. The molecule has 1 aliphatic heterocycles. The Bertz CT molecular complexity index is 546. The van der Waals surface area contributed by atoms with Crippen LogP contribution in [0.5, 0.6) is 11.5 Å². The molecule has 1 amide bonds. The fraction of sp³-hybridized carbons (Fsp3) is 0.500. The molecule has 1 aromatic rings. The molecule has 1 fully saturated rings. The number of carbonyl (C=O) groups excluding carboxylic acids is 1. The van der Waals surface area contributed by atoms with Gasteiger partial charge >= 0.3 is 0 Å². The number of benzene rings is 1. The Morgan fingerprint density at radius 1 is 1.25 bits per heavy atom. The molecule has 0 aromatic heterocycles. The molecule has 0 aliphatic carbocycles. The molecular formula is C18H26N2O4. The van der Waals surface area contributed by atoms with Crippen LogP contribution < -0.4 is 14.8 Å². The SMILES string of the molecule is COc1cc(/C=C/C(=O)NCC(C)N2CCOCC2)cc(OC)c1. The van der Waals surface area contributed by atoms with Crippen LogP contribution >= 0.6 is 0 Å². The van der Waals surface area contributed by atoms with E-state index in [2.05, 4.69) is 17.1 Å². The Labute approximate surface area is 143 Å². The minimum atomic E-state index is -0.114. The number of nitrogens with zero attached hydrogens (tertiary/aromatic N) is 1. The van der Waals surface area contributed by atoms with Crippen LogP contribution in [0.25, 0.3) is 6.08 Å². The fourth-order valence-electron chi connectivity index (χ4n) is 2.55. The lowest BCUT2D eigenvalue weighted by Crippen LogP contribution is -2.47. The number of hydrogen-bond donors (Lipinski definition) is 1. The minimum Gasteiger partial charge on any atom is -0.497 e. The second-order valence-corrected chi connectivity index (χ2v) is 5.72. The number of morpholine rings is 1. The van der Waals surface area contributed by atoms with E-state index < -0.39 is 0 Å². The van der Waals surface area contributed by atoms with Crippen molar-refractivity contribution >= 4 is 12.0 Å². The summed E-state index contributed by atoms with van der Waals surface area (Å²) in [6.45, 7) is 6.07. The van der Waals surface area contributed by atoms with Crippen LogP contribution in [-0.4, -0.2) is 63.9 Å². The van der Waals surface area contributed by atoms with E-state index in [0.29, 0.717) is 24.1 Å². The zero-order chi connectivity index (χ0) is 17.4. The molecule has 1 heterocycles. The molecule has 0 bridgehead atoms. The van der Waals surface area contributed by atoms with E-state index in [4.69, 9.17) is 14.2 Å². The summed E-state index contributed by atoms with van der Waals surface area (Å²) in [5, 5.41) is 2.94. The second-order valence-electron chi connectivity index (χ2n) is 5.72. The molecule has 24 heavy (non-hydrogen) atoms. The quantitative estimate of drug-likeness (QED) is 0.767. The first-order valence-corrected chi connectivity index (χ1v) is 8.13. The third-order valence-electron chi connectivity index (χ3n) is 4.04. The number of rotatable bonds is 7. The molecular weight excluding hydrogens is 308 g/mol. The smallest absolute Gasteiger partial charge is 0.244 e. The highest BCUT2D eigenvalue weighted by molar-refractivity contribution is 5.91. The summed E-state index contributed by atoms with van der Waals surface area (Å²) in [6, 6.07) is 5.79. The molecule has 0 radical (unpaired) electrons. The topological polar surface area (TPSA) is 60.0 Å². The van der Waals surface area contributed by atoms with Crippen molar-refractivity contribution in [1.82, 2.24) is 10.2 Å².